The van der Waals surface area contributed by atoms with Gasteiger partial charge in [-0.3, -0.25) is 0 Å². The van der Waals surface area contributed by atoms with Gasteiger partial charge >= 0.3 is 0 Å². The molecule has 1 heterocycles. The van der Waals surface area contributed by atoms with Crippen LogP contribution in [0.4, 0.5) is 0 Å². The Morgan fingerprint density at radius 1 is 1.32 bits per heavy atom. The molecule has 102 valence electrons. The molecule has 0 saturated heterocycles. The molecule has 1 aromatic heterocycles. The summed E-state index contributed by atoms with van der Waals surface area (Å²) in [6, 6.07) is 5.39. The first-order valence-corrected chi connectivity index (χ1v) is 6.90. The van der Waals surface area contributed by atoms with Crippen molar-refractivity contribution in [2.75, 3.05) is 13.1 Å². The summed E-state index contributed by atoms with van der Waals surface area (Å²) in [4.78, 5) is 4.33. The topological polar surface area (TPSA) is 51.0 Å². The molecule has 0 aliphatic heterocycles. The molecule has 4 nitrogen and oxygen atoms in total. The summed E-state index contributed by atoms with van der Waals surface area (Å²) in [6.45, 7) is 3.82. The van der Waals surface area contributed by atoms with Gasteiger partial charge < -0.3 is 9.84 Å². The van der Waals surface area contributed by atoms with Gasteiger partial charge in [0, 0.05) is 29.4 Å². The molecule has 0 spiro atoms. The van der Waals surface area contributed by atoms with E-state index >= 15 is 0 Å². The number of rotatable bonds is 6. The van der Waals surface area contributed by atoms with E-state index in [0.717, 1.165) is 25.1 Å². The molecule has 0 atom stereocenters. The molecule has 2 rings (SSSR count). The molecule has 0 aliphatic carbocycles. The van der Waals surface area contributed by atoms with Crippen molar-refractivity contribution in [3.63, 3.8) is 0 Å². The molecule has 0 fully saturated rings. The van der Waals surface area contributed by atoms with Gasteiger partial charge in [-0.05, 0) is 24.2 Å². The Morgan fingerprint density at radius 2 is 2.16 bits per heavy atom. The van der Waals surface area contributed by atoms with E-state index in [4.69, 9.17) is 27.7 Å². The van der Waals surface area contributed by atoms with E-state index in [1.807, 2.05) is 6.07 Å². The summed E-state index contributed by atoms with van der Waals surface area (Å²) in [6.07, 6.45) is 1.27. The number of benzene rings is 1. The average Bonchev–Trinajstić information content (AvgIpc) is 2.81. The van der Waals surface area contributed by atoms with E-state index in [9.17, 15) is 0 Å². The van der Waals surface area contributed by atoms with Crippen LogP contribution < -0.4 is 5.32 Å². The zero-order valence-electron chi connectivity index (χ0n) is 10.6. The molecule has 1 N–H and O–H groups in total. The number of nitrogens with zero attached hydrogens (tertiary/aromatic N) is 2. The van der Waals surface area contributed by atoms with E-state index < -0.39 is 0 Å². The number of nitrogens with one attached hydrogen (secondary N) is 1. The van der Waals surface area contributed by atoms with Gasteiger partial charge in [0.25, 0.3) is 0 Å². The first kappa shape index (κ1) is 14.3. The molecule has 0 bridgehead atoms. The van der Waals surface area contributed by atoms with E-state index in [2.05, 4.69) is 22.4 Å². The standard InChI is InChI=1S/C13H15Cl2N3O/c1-2-16-6-5-13-17-12(18-19-13)7-9-3-4-10(14)8-11(9)15/h3-4,8,16H,2,5-7H2,1H3. The smallest absolute Gasteiger partial charge is 0.227 e. The number of halogens is 2. The van der Waals surface area contributed by atoms with Crippen LogP contribution in [0.3, 0.4) is 0 Å². The largest absolute Gasteiger partial charge is 0.339 e. The Hall–Kier alpha value is -1.10. The van der Waals surface area contributed by atoms with Crippen LogP contribution in [-0.4, -0.2) is 23.2 Å². The summed E-state index contributed by atoms with van der Waals surface area (Å²) >= 11 is 12.0. The Morgan fingerprint density at radius 3 is 2.89 bits per heavy atom. The predicted octanol–water partition coefficient (Wildman–Crippen LogP) is 3.12. The van der Waals surface area contributed by atoms with Crippen molar-refractivity contribution in [3.05, 3.63) is 45.5 Å². The second-order valence-electron chi connectivity index (χ2n) is 4.12. The SMILES string of the molecule is CCNCCc1nc(Cc2ccc(Cl)cc2Cl)no1. The highest BCUT2D eigenvalue weighted by Gasteiger charge is 2.09. The highest BCUT2D eigenvalue weighted by molar-refractivity contribution is 6.35. The Bertz CT molecular complexity index is 542. The van der Waals surface area contributed by atoms with Gasteiger partial charge in [0.2, 0.25) is 5.89 Å². The molecular formula is C13H15Cl2N3O. The lowest BCUT2D eigenvalue weighted by atomic mass is 10.1. The summed E-state index contributed by atoms with van der Waals surface area (Å²) in [5, 5.41) is 8.39. The monoisotopic (exact) mass is 299 g/mol. The van der Waals surface area contributed by atoms with Crippen LogP contribution in [0, 0.1) is 0 Å². The number of aromatic nitrogens is 2. The second-order valence-corrected chi connectivity index (χ2v) is 4.96. The van der Waals surface area contributed by atoms with Crippen LogP contribution in [0.25, 0.3) is 0 Å². The number of hydrogen-bond acceptors (Lipinski definition) is 4. The van der Waals surface area contributed by atoms with Crippen molar-refractivity contribution in [1.82, 2.24) is 15.5 Å². The lowest BCUT2D eigenvalue weighted by Crippen LogP contribution is -2.16. The van der Waals surface area contributed by atoms with Crippen LogP contribution in [0.1, 0.15) is 24.2 Å². The van der Waals surface area contributed by atoms with Gasteiger partial charge in [-0.15, -0.1) is 0 Å². The molecule has 0 unspecified atom stereocenters. The minimum atomic E-state index is 0.542. The first-order chi connectivity index (χ1) is 9.19. The van der Waals surface area contributed by atoms with Crippen molar-refractivity contribution in [2.24, 2.45) is 0 Å². The maximum atomic E-state index is 6.11. The normalized spacial score (nSPS) is 10.9. The van der Waals surface area contributed by atoms with Gasteiger partial charge in [0.05, 0.1) is 0 Å². The average molecular weight is 300 g/mol. The molecule has 2 aromatic rings. The third-order valence-corrected chi connectivity index (χ3v) is 3.23. The van der Waals surface area contributed by atoms with Crippen LogP contribution in [0.2, 0.25) is 10.0 Å². The lowest BCUT2D eigenvalue weighted by molar-refractivity contribution is 0.372. The minimum absolute atomic E-state index is 0.542. The van der Waals surface area contributed by atoms with Gasteiger partial charge in [0.15, 0.2) is 5.82 Å². The van der Waals surface area contributed by atoms with Crippen LogP contribution in [0.15, 0.2) is 22.7 Å². The predicted molar refractivity (Wildman–Crippen MR) is 75.8 cm³/mol. The molecule has 0 aliphatic rings. The second kappa shape index (κ2) is 6.89. The molecule has 19 heavy (non-hydrogen) atoms. The summed E-state index contributed by atoms with van der Waals surface area (Å²) in [5.74, 6) is 1.27. The maximum absolute atomic E-state index is 6.11. The zero-order chi connectivity index (χ0) is 13.7. The summed E-state index contributed by atoms with van der Waals surface area (Å²) in [7, 11) is 0. The maximum Gasteiger partial charge on any atom is 0.227 e. The Balaban J connectivity index is 1.99. The summed E-state index contributed by atoms with van der Waals surface area (Å²) in [5.41, 5.74) is 0.935. The van der Waals surface area contributed by atoms with Crippen LogP contribution in [0.5, 0.6) is 0 Å². The highest BCUT2D eigenvalue weighted by atomic mass is 35.5. The first-order valence-electron chi connectivity index (χ1n) is 6.15. The quantitative estimate of drug-likeness (QED) is 0.833. The van der Waals surface area contributed by atoms with E-state index in [1.54, 1.807) is 12.1 Å². The molecule has 0 amide bonds. The van der Waals surface area contributed by atoms with Gasteiger partial charge in [-0.2, -0.15) is 4.98 Å². The van der Waals surface area contributed by atoms with Gasteiger partial charge in [0.1, 0.15) is 0 Å². The fourth-order valence-electron chi connectivity index (χ4n) is 1.67. The molecule has 0 saturated carbocycles. The van der Waals surface area contributed by atoms with Crippen LogP contribution in [-0.2, 0) is 12.8 Å². The lowest BCUT2D eigenvalue weighted by Gasteiger charge is -2.00. The Kier molecular flexibility index (Phi) is 5.19. The van der Waals surface area contributed by atoms with Crippen molar-refractivity contribution in [3.8, 4) is 0 Å². The minimum Gasteiger partial charge on any atom is -0.339 e. The van der Waals surface area contributed by atoms with E-state index in [0.29, 0.717) is 28.2 Å². The summed E-state index contributed by atoms with van der Waals surface area (Å²) < 4.78 is 5.18. The van der Waals surface area contributed by atoms with Crippen molar-refractivity contribution in [1.29, 1.82) is 0 Å². The molecule has 6 heteroatoms. The molecular weight excluding hydrogens is 285 g/mol. The van der Waals surface area contributed by atoms with Crippen molar-refractivity contribution < 1.29 is 4.52 Å². The van der Waals surface area contributed by atoms with Crippen molar-refractivity contribution in [2.45, 2.75) is 19.8 Å². The molecule has 1 aromatic carbocycles. The number of likely N-dealkylation sites (N-methyl/N-ethyl adjacent to an activating group) is 1. The van der Waals surface area contributed by atoms with E-state index in [-0.39, 0.29) is 0 Å². The Labute approximate surface area is 122 Å². The molecule has 0 radical (unpaired) electrons. The fraction of sp³-hybridized carbons (Fsp3) is 0.385. The van der Waals surface area contributed by atoms with E-state index in [1.165, 1.54) is 0 Å². The zero-order valence-corrected chi connectivity index (χ0v) is 12.1. The van der Waals surface area contributed by atoms with Crippen LogP contribution >= 0.6 is 23.2 Å². The third kappa shape index (κ3) is 4.20. The van der Waals surface area contributed by atoms with Gasteiger partial charge in [-0.25, -0.2) is 0 Å². The third-order valence-electron chi connectivity index (χ3n) is 2.64. The van der Waals surface area contributed by atoms with Gasteiger partial charge in [-0.1, -0.05) is 41.3 Å². The highest BCUT2D eigenvalue weighted by Crippen LogP contribution is 2.22. The number of hydrogen-bond donors (Lipinski definition) is 1. The fourth-order valence-corrected chi connectivity index (χ4v) is 2.15. The van der Waals surface area contributed by atoms with Crippen molar-refractivity contribution >= 4 is 23.2 Å².